The van der Waals surface area contributed by atoms with Crippen molar-refractivity contribution in [3.05, 3.63) is 107 Å². The fraction of sp³-hybridized carbons (Fsp3) is 0.194. The summed E-state index contributed by atoms with van der Waals surface area (Å²) in [5.74, 6) is -3.05. The SMILES string of the molecule is CCN(CC)C(=O)C(Cc1ccc(NC(=O)c2ccccc2Cl)cc1)C(=O)NS(=O)(=O)c1ccc2ccccc2c1. The molecule has 10 heteroatoms. The van der Waals surface area contributed by atoms with Crippen LogP contribution in [0.5, 0.6) is 0 Å². The summed E-state index contributed by atoms with van der Waals surface area (Å²) in [6, 6.07) is 25.2. The van der Waals surface area contributed by atoms with Crippen LogP contribution in [-0.4, -0.2) is 44.1 Å². The summed E-state index contributed by atoms with van der Waals surface area (Å²) in [5.41, 5.74) is 1.44. The molecule has 0 aliphatic carbocycles. The molecule has 1 unspecified atom stereocenters. The van der Waals surface area contributed by atoms with Gasteiger partial charge in [0.25, 0.3) is 15.9 Å². The van der Waals surface area contributed by atoms with E-state index < -0.39 is 27.8 Å². The summed E-state index contributed by atoms with van der Waals surface area (Å²) in [6.07, 6.45) is -0.0346. The second kappa shape index (κ2) is 13.0. The van der Waals surface area contributed by atoms with Gasteiger partial charge in [-0.2, -0.15) is 0 Å². The first-order chi connectivity index (χ1) is 19.6. The second-order valence-corrected chi connectivity index (χ2v) is 11.5. The van der Waals surface area contributed by atoms with Crippen molar-refractivity contribution in [2.45, 2.75) is 25.2 Å². The van der Waals surface area contributed by atoms with E-state index in [1.54, 1.807) is 80.6 Å². The molecule has 0 spiro atoms. The van der Waals surface area contributed by atoms with E-state index in [0.717, 1.165) is 5.39 Å². The average molecular weight is 592 g/mol. The van der Waals surface area contributed by atoms with Crippen LogP contribution in [0.3, 0.4) is 0 Å². The first-order valence-electron chi connectivity index (χ1n) is 13.1. The minimum absolute atomic E-state index is 0.0346. The Kier molecular flexibility index (Phi) is 9.42. The first kappa shape index (κ1) is 29.8. The summed E-state index contributed by atoms with van der Waals surface area (Å²) >= 11 is 6.11. The molecule has 4 aromatic rings. The predicted molar refractivity (Wildman–Crippen MR) is 160 cm³/mol. The van der Waals surface area contributed by atoms with Crippen molar-refractivity contribution in [3.8, 4) is 0 Å². The lowest BCUT2D eigenvalue weighted by molar-refractivity contribution is -0.141. The first-order valence-corrected chi connectivity index (χ1v) is 15.0. The van der Waals surface area contributed by atoms with E-state index in [4.69, 9.17) is 11.6 Å². The van der Waals surface area contributed by atoms with Crippen LogP contribution in [0, 0.1) is 5.92 Å². The number of sulfonamides is 1. The number of carbonyl (C=O) groups excluding carboxylic acids is 3. The Balaban J connectivity index is 1.54. The van der Waals surface area contributed by atoms with Gasteiger partial charge in [0.15, 0.2) is 0 Å². The number of anilines is 1. The minimum Gasteiger partial charge on any atom is -0.343 e. The van der Waals surface area contributed by atoms with Gasteiger partial charge < -0.3 is 10.2 Å². The number of fused-ring (bicyclic) bond motifs is 1. The average Bonchev–Trinajstić information content (AvgIpc) is 2.97. The van der Waals surface area contributed by atoms with Gasteiger partial charge >= 0.3 is 0 Å². The molecule has 0 fully saturated rings. The molecule has 0 saturated carbocycles. The van der Waals surface area contributed by atoms with E-state index in [1.165, 1.54) is 17.0 Å². The van der Waals surface area contributed by atoms with Crippen LogP contribution in [0.4, 0.5) is 5.69 Å². The zero-order valence-corrected chi connectivity index (χ0v) is 24.2. The quantitative estimate of drug-likeness (QED) is 0.244. The van der Waals surface area contributed by atoms with Crippen LogP contribution in [-0.2, 0) is 26.0 Å². The minimum atomic E-state index is -4.24. The van der Waals surface area contributed by atoms with E-state index in [0.29, 0.717) is 40.3 Å². The summed E-state index contributed by atoms with van der Waals surface area (Å²) < 4.78 is 28.4. The second-order valence-electron chi connectivity index (χ2n) is 9.38. The molecule has 4 rings (SSSR count). The monoisotopic (exact) mass is 591 g/mol. The largest absolute Gasteiger partial charge is 0.343 e. The molecule has 0 radical (unpaired) electrons. The van der Waals surface area contributed by atoms with Crippen molar-refractivity contribution in [2.75, 3.05) is 18.4 Å². The molecule has 0 saturated heterocycles. The molecule has 0 bridgehead atoms. The number of halogens is 1. The van der Waals surface area contributed by atoms with Crippen molar-refractivity contribution >= 4 is 55.8 Å². The predicted octanol–water partition coefficient (Wildman–Crippen LogP) is 5.28. The third-order valence-electron chi connectivity index (χ3n) is 6.73. The Morgan fingerprint density at radius 1 is 0.829 bits per heavy atom. The Labute approximate surface area is 244 Å². The fourth-order valence-corrected chi connectivity index (χ4v) is 5.72. The molecular weight excluding hydrogens is 562 g/mol. The Morgan fingerprint density at radius 3 is 2.12 bits per heavy atom. The number of rotatable bonds is 10. The lowest BCUT2D eigenvalue weighted by Gasteiger charge is -2.25. The molecule has 4 aromatic carbocycles. The van der Waals surface area contributed by atoms with Crippen molar-refractivity contribution in [2.24, 2.45) is 5.92 Å². The van der Waals surface area contributed by atoms with Crippen LogP contribution >= 0.6 is 11.6 Å². The van der Waals surface area contributed by atoms with Crippen LogP contribution in [0.15, 0.2) is 95.9 Å². The third kappa shape index (κ3) is 7.11. The Hall–Kier alpha value is -4.21. The maximum atomic E-state index is 13.4. The standard InChI is InChI=1S/C31H30ClN3O5S/c1-3-35(4-2)31(38)27(30(37)34-41(39,40)25-18-15-22-9-5-6-10-23(22)20-25)19-21-13-16-24(17-14-21)33-29(36)26-11-7-8-12-28(26)32/h5-18,20,27H,3-4,19H2,1-2H3,(H,33,36)(H,34,37). The van der Waals surface area contributed by atoms with Crippen LogP contribution < -0.4 is 10.0 Å². The van der Waals surface area contributed by atoms with Gasteiger partial charge in [-0.3, -0.25) is 14.4 Å². The van der Waals surface area contributed by atoms with E-state index in [-0.39, 0.29) is 17.2 Å². The normalized spacial score (nSPS) is 12.0. The molecule has 0 heterocycles. The van der Waals surface area contributed by atoms with Gasteiger partial charge in [-0.1, -0.05) is 66.2 Å². The zero-order chi connectivity index (χ0) is 29.6. The molecule has 0 aliphatic heterocycles. The molecule has 2 N–H and O–H groups in total. The molecule has 0 aliphatic rings. The van der Waals surface area contributed by atoms with Gasteiger partial charge in [0.1, 0.15) is 5.92 Å². The number of amides is 3. The third-order valence-corrected chi connectivity index (χ3v) is 8.40. The maximum Gasteiger partial charge on any atom is 0.264 e. The lowest BCUT2D eigenvalue weighted by atomic mass is 9.97. The summed E-state index contributed by atoms with van der Waals surface area (Å²) in [5, 5.41) is 4.66. The van der Waals surface area contributed by atoms with E-state index in [1.807, 2.05) is 12.1 Å². The fourth-order valence-electron chi connectivity index (χ4n) is 4.45. The van der Waals surface area contributed by atoms with Crippen molar-refractivity contribution in [3.63, 3.8) is 0 Å². The van der Waals surface area contributed by atoms with Gasteiger partial charge in [-0.25, -0.2) is 13.1 Å². The summed E-state index contributed by atoms with van der Waals surface area (Å²) in [6.45, 7) is 4.31. The Morgan fingerprint density at radius 2 is 1.46 bits per heavy atom. The lowest BCUT2D eigenvalue weighted by Crippen LogP contribution is -2.46. The number of benzene rings is 4. The highest BCUT2D eigenvalue weighted by atomic mass is 35.5. The number of nitrogens with one attached hydrogen (secondary N) is 2. The highest BCUT2D eigenvalue weighted by Gasteiger charge is 2.33. The molecule has 41 heavy (non-hydrogen) atoms. The van der Waals surface area contributed by atoms with Crippen LogP contribution in [0.2, 0.25) is 5.02 Å². The van der Waals surface area contributed by atoms with Gasteiger partial charge in [-0.15, -0.1) is 0 Å². The number of nitrogens with zero attached hydrogens (tertiary/aromatic N) is 1. The topological polar surface area (TPSA) is 113 Å². The molecule has 0 aromatic heterocycles. The highest BCUT2D eigenvalue weighted by molar-refractivity contribution is 7.90. The number of hydrogen-bond acceptors (Lipinski definition) is 5. The van der Waals surface area contributed by atoms with Crippen LogP contribution in [0.1, 0.15) is 29.8 Å². The van der Waals surface area contributed by atoms with Gasteiger partial charge in [0, 0.05) is 18.8 Å². The van der Waals surface area contributed by atoms with Gasteiger partial charge in [-0.05, 0) is 73.0 Å². The molecular formula is C31H30ClN3O5S. The van der Waals surface area contributed by atoms with E-state index >= 15 is 0 Å². The summed E-state index contributed by atoms with van der Waals surface area (Å²) in [7, 11) is -4.24. The molecule has 212 valence electrons. The number of carbonyl (C=O) groups is 3. The summed E-state index contributed by atoms with van der Waals surface area (Å²) in [4.78, 5) is 40.7. The molecule has 3 amide bonds. The van der Waals surface area contributed by atoms with Crippen molar-refractivity contribution < 1.29 is 22.8 Å². The van der Waals surface area contributed by atoms with E-state index in [2.05, 4.69) is 10.0 Å². The molecule has 8 nitrogen and oxygen atoms in total. The molecule has 1 atom stereocenters. The van der Waals surface area contributed by atoms with Crippen molar-refractivity contribution in [1.29, 1.82) is 0 Å². The maximum absolute atomic E-state index is 13.4. The van der Waals surface area contributed by atoms with E-state index in [9.17, 15) is 22.8 Å². The Bertz CT molecular complexity index is 1690. The van der Waals surface area contributed by atoms with Gasteiger partial charge in [0.05, 0.1) is 15.5 Å². The highest BCUT2D eigenvalue weighted by Crippen LogP contribution is 2.22. The van der Waals surface area contributed by atoms with Gasteiger partial charge in [0.2, 0.25) is 11.8 Å². The van der Waals surface area contributed by atoms with Crippen molar-refractivity contribution in [1.82, 2.24) is 9.62 Å². The van der Waals surface area contributed by atoms with Crippen LogP contribution in [0.25, 0.3) is 10.8 Å². The number of hydrogen-bond donors (Lipinski definition) is 2. The smallest absolute Gasteiger partial charge is 0.264 e. The zero-order valence-electron chi connectivity index (χ0n) is 22.6.